The average Bonchev–Trinajstić information content (AvgIpc) is 2.39. The van der Waals surface area contributed by atoms with Crippen LogP contribution in [0.4, 0.5) is 5.95 Å². The van der Waals surface area contributed by atoms with Crippen LogP contribution in [0.2, 0.25) is 0 Å². The van der Waals surface area contributed by atoms with Crippen molar-refractivity contribution in [3.05, 3.63) is 48.3 Å². The number of sulfonamides is 1. The molecule has 0 aliphatic rings. The maximum atomic E-state index is 12.0. The number of nitrogens with one attached hydrogen (secondary N) is 1. The maximum Gasteiger partial charge on any atom is 0.264 e. The zero-order valence-electron chi connectivity index (χ0n) is 9.65. The number of nitrogens with zero attached hydrogens (tertiary/aromatic N) is 2. The van der Waals surface area contributed by atoms with E-state index in [1.807, 2.05) is 0 Å². The number of carbonyl (C=O) groups is 1. The van der Waals surface area contributed by atoms with Crippen molar-refractivity contribution >= 4 is 21.9 Å². The van der Waals surface area contributed by atoms with Crippen LogP contribution in [-0.4, -0.2) is 24.3 Å². The molecule has 0 aliphatic carbocycles. The Morgan fingerprint density at radius 1 is 1.11 bits per heavy atom. The lowest BCUT2D eigenvalue weighted by Crippen LogP contribution is -2.16. The van der Waals surface area contributed by atoms with Gasteiger partial charge in [0.1, 0.15) is 0 Å². The van der Waals surface area contributed by atoms with E-state index in [9.17, 15) is 13.2 Å². The number of aromatic nitrogens is 2. The number of carbonyl (C=O) groups excluding carboxylic acids is 1. The van der Waals surface area contributed by atoms with E-state index in [0.29, 0.717) is 0 Å². The number of hydrogen-bond donors (Lipinski definition) is 2. The molecule has 0 aliphatic heterocycles. The van der Waals surface area contributed by atoms with Crippen LogP contribution in [0.15, 0.2) is 47.6 Å². The van der Waals surface area contributed by atoms with Crippen LogP contribution in [-0.2, 0) is 10.0 Å². The van der Waals surface area contributed by atoms with Crippen LogP contribution >= 0.6 is 0 Å². The molecule has 1 amide bonds. The number of primary amides is 1. The van der Waals surface area contributed by atoms with Crippen molar-refractivity contribution in [2.75, 3.05) is 4.72 Å². The molecule has 19 heavy (non-hydrogen) atoms. The quantitative estimate of drug-likeness (QED) is 0.838. The Hall–Kier alpha value is -2.48. The van der Waals surface area contributed by atoms with Crippen molar-refractivity contribution in [3.63, 3.8) is 0 Å². The topological polar surface area (TPSA) is 115 Å². The van der Waals surface area contributed by atoms with Crippen LogP contribution in [0, 0.1) is 0 Å². The molecule has 7 nitrogen and oxygen atoms in total. The largest absolute Gasteiger partial charge is 0.366 e. The van der Waals surface area contributed by atoms with E-state index in [1.54, 1.807) is 6.07 Å². The van der Waals surface area contributed by atoms with Crippen LogP contribution in [0.1, 0.15) is 10.4 Å². The number of anilines is 1. The van der Waals surface area contributed by atoms with Gasteiger partial charge in [-0.3, -0.25) is 4.79 Å². The summed E-state index contributed by atoms with van der Waals surface area (Å²) in [6.45, 7) is 0. The first-order valence-corrected chi connectivity index (χ1v) is 6.67. The smallest absolute Gasteiger partial charge is 0.264 e. The number of rotatable bonds is 4. The predicted molar refractivity (Wildman–Crippen MR) is 67.8 cm³/mol. The predicted octanol–water partition coefficient (Wildman–Crippen LogP) is 0.376. The highest BCUT2D eigenvalue weighted by molar-refractivity contribution is 7.92. The average molecular weight is 278 g/mol. The molecule has 2 rings (SSSR count). The number of nitrogens with two attached hydrogens (primary N) is 1. The van der Waals surface area contributed by atoms with E-state index in [4.69, 9.17) is 5.73 Å². The lowest BCUT2D eigenvalue weighted by atomic mass is 10.2. The summed E-state index contributed by atoms with van der Waals surface area (Å²) in [5.74, 6) is -0.648. The summed E-state index contributed by atoms with van der Waals surface area (Å²) in [7, 11) is -3.78. The lowest BCUT2D eigenvalue weighted by molar-refractivity contribution is 0.1000. The molecule has 0 spiro atoms. The Bertz CT molecular complexity index is 684. The molecule has 2 aromatic rings. The van der Waals surface area contributed by atoms with Crippen molar-refractivity contribution in [3.8, 4) is 0 Å². The van der Waals surface area contributed by atoms with Gasteiger partial charge in [0.15, 0.2) is 0 Å². The van der Waals surface area contributed by atoms with Gasteiger partial charge in [-0.1, -0.05) is 0 Å². The van der Waals surface area contributed by atoms with Crippen LogP contribution in [0.3, 0.4) is 0 Å². The molecule has 1 aromatic heterocycles. The molecule has 0 fully saturated rings. The van der Waals surface area contributed by atoms with Crippen molar-refractivity contribution < 1.29 is 13.2 Å². The van der Waals surface area contributed by atoms with E-state index in [-0.39, 0.29) is 16.4 Å². The first-order chi connectivity index (χ1) is 8.99. The fourth-order valence-corrected chi connectivity index (χ4v) is 2.29. The second-order valence-electron chi connectivity index (χ2n) is 3.57. The van der Waals surface area contributed by atoms with Crippen molar-refractivity contribution in [2.24, 2.45) is 5.73 Å². The molecule has 1 aromatic carbocycles. The summed E-state index contributed by atoms with van der Waals surface area (Å²) in [5.41, 5.74) is 5.30. The standard InChI is InChI=1S/C11H10N4O3S/c12-10(16)8-2-4-9(5-3-8)19(17,18)15-11-13-6-1-7-14-11/h1-7H,(H2,12,16)(H,13,14,15). The minimum Gasteiger partial charge on any atom is -0.366 e. The SMILES string of the molecule is NC(=O)c1ccc(S(=O)(=O)Nc2ncccn2)cc1. The van der Waals surface area contributed by atoms with Gasteiger partial charge in [-0.05, 0) is 30.3 Å². The van der Waals surface area contributed by atoms with Crippen molar-refractivity contribution in [1.29, 1.82) is 0 Å². The molecule has 8 heteroatoms. The molecule has 3 N–H and O–H groups in total. The highest BCUT2D eigenvalue weighted by Crippen LogP contribution is 2.13. The molecule has 0 unspecified atom stereocenters. The highest BCUT2D eigenvalue weighted by Gasteiger charge is 2.15. The first kappa shape index (κ1) is 13.0. The lowest BCUT2D eigenvalue weighted by Gasteiger charge is -2.06. The van der Waals surface area contributed by atoms with Gasteiger partial charge in [0.25, 0.3) is 10.0 Å². The van der Waals surface area contributed by atoms with Gasteiger partial charge in [0, 0.05) is 18.0 Å². The van der Waals surface area contributed by atoms with Gasteiger partial charge in [-0.25, -0.2) is 23.1 Å². The zero-order valence-corrected chi connectivity index (χ0v) is 10.5. The summed E-state index contributed by atoms with van der Waals surface area (Å²) >= 11 is 0. The summed E-state index contributed by atoms with van der Waals surface area (Å²) in [6, 6.07) is 6.81. The van der Waals surface area contributed by atoms with Gasteiger partial charge < -0.3 is 5.73 Å². The van der Waals surface area contributed by atoms with Crippen molar-refractivity contribution in [2.45, 2.75) is 4.90 Å². The first-order valence-electron chi connectivity index (χ1n) is 5.19. The molecule has 0 saturated carbocycles. The monoisotopic (exact) mass is 278 g/mol. The third-order valence-corrected chi connectivity index (χ3v) is 3.58. The van der Waals surface area contributed by atoms with E-state index in [1.165, 1.54) is 36.7 Å². The molecule has 0 radical (unpaired) electrons. The minimum absolute atomic E-state index is 0.00930. The fraction of sp³-hybridized carbons (Fsp3) is 0. The Kier molecular flexibility index (Phi) is 3.43. The normalized spacial score (nSPS) is 10.9. The van der Waals surface area contributed by atoms with Crippen LogP contribution < -0.4 is 10.5 Å². The summed E-state index contributed by atoms with van der Waals surface area (Å²) in [6.07, 6.45) is 2.84. The van der Waals surface area contributed by atoms with Gasteiger partial charge in [-0.2, -0.15) is 0 Å². The number of hydrogen-bond acceptors (Lipinski definition) is 5. The third-order valence-electron chi connectivity index (χ3n) is 2.24. The van der Waals surface area contributed by atoms with Gasteiger partial charge in [-0.15, -0.1) is 0 Å². The highest BCUT2D eigenvalue weighted by atomic mass is 32.2. The molecular formula is C11H10N4O3S. The molecule has 0 atom stereocenters. The molecular weight excluding hydrogens is 268 g/mol. The minimum atomic E-state index is -3.78. The van der Waals surface area contributed by atoms with Gasteiger partial charge >= 0.3 is 0 Å². The Labute approximate surface area is 109 Å². The second-order valence-corrected chi connectivity index (χ2v) is 5.25. The summed E-state index contributed by atoms with van der Waals surface area (Å²) < 4.78 is 26.2. The second kappa shape index (κ2) is 5.02. The molecule has 0 saturated heterocycles. The maximum absolute atomic E-state index is 12.0. The van der Waals surface area contributed by atoms with E-state index in [0.717, 1.165) is 0 Å². The van der Waals surface area contributed by atoms with Gasteiger partial charge in [0.05, 0.1) is 4.90 Å². The van der Waals surface area contributed by atoms with E-state index < -0.39 is 15.9 Å². The number of benzene rings is 1. The molecule has 98 valence electrons. The van der Waals surface area contributed by atoms with E-state index in [2.05, 4.69) is 14.7 Å². The number of amides is 1. The van der Waals surface area contributed by atoms with E-state index >= 15 is 0 Å². The Morgan fingerprint density at radius 2 is 1.68 bits per heavy atom. The van der Waals surface area contributed by atoms with Crippen LogP contribution in [0.25, 0.3) is 0 Å². The zero-order chi connectivity index (χ0) is 13.9. The fourth-order valence-electron chi connectivity index (χ4n) is 1.33. The van der Waals surface area contributed by atoms with Crippen LogP contribution in [0.5, 0.6) is 0 Å². The Balaban J connectivity index is 2.27. The summed E-state index contributed by atoms with van der Waals surface area (Å²) in [5, 5.41) is 0. The van der Waals surface area contributed by atoms with Crippen molar-refractivity contribution in [1.82, 2.24) is 9.97 Å². The summed E-state index contributed by atoms with van der Waals surface area (Å²) in [4.78, 5) is 18.4. The Morgan fingerprint density at radius 3 is 2.21 bits per heavy atom. The third kappa shape index (κ3) is 3.05. The molecule has 0 bridgehead atoms. The molecule has 1 heterocycles. The van der Waals surface area contributed by atoms with Gasteiger partial charge in [0.2, 0.25) is 11.9 Å².